The summed E-state index contributed by atoms with van der Waals surface area (Å²) < 4.78 is 5.58. The highest BCUT2D eigenvalue weighted by Gasteiger charge is 2.20. The topological polar surface area (TPSA) is 68.0 Å². The molecule has 0 unspecified atom stereocenters. The second-order valence-corrected chi connectivity index (χ2v) is 7.51. The zero-order valence-electron chi connectivity index (χ0n) is 16.4. The molecule has 1 heterocycles. The summed E-state index contributed by atoms with van der Waals surface area (Å²) in [4.78, 5) is 13.0. The van der Waals surface area contributed by atoms with Gasteiger partial charge in [0.15, 0.2) is 0 Å². The van der Waals surface area contributed by atoms with Crippen LogP contribution in [0.5, 0.6) is 0 Å². The molecule has 0 saturated heterocycles. The van der Waals surface area contributed by atoms with Gasteiger partial charge in [0.25, 0.3) is 5.91 Å². The Balaban J connectivity index is 1.68. The summed E-state index contributed by atoms with van der Waals surface area (Å²) in [5, 5.41) is 11.3. The number of rotatable bonds is 4. The van der Waals surface area contributed by atoms with E-state index < -0.39 is 0 Å². The van der Waals surface area contributed by atoms with Crippen molar-refractivity contribution < 1.29 is 9.21 Å². The Kier molecular flexibility index (Phi) is 5.24. The monoisotopic (exact) mass is 375 g/mol. The van der Waals surface area contributed by atoms with Crippen LogP contribution in [-0.2, 0) is 0 Å². The Hall–Kier alpha value is -2.95. The predicted molar refractivity (Wildman–Crippen MR) is 109 cm³/mol. The van der Waals surface area contributed by atoms with E-state index in [1.807, 2.05) is 49.4 Å². The van der Waals surface area contributed by atoms with Gasteiger partial charge in [-0.05, 0) is 54.7 Å². The van der Waals surface area contributed by atoms with E-state index in [0.29, 0.717) is 17.3 Å². The van der Waals surface area contributed by atoms with Crippen LogP contribution in [0.2, 0.25) is 0 Å². The van der Waals surface area contributed by atoms with Crippen molar-refractivity contribution >= 4 is 5.91 Å². The van der Waals surface area contributed by atoms with Gasteiger partial charge in [0, 0.05) is 24.1 Å². The zero-order valence-corrected chi connectivity index (χ0v) is 16.4. The lowest BCUT2D eigenvalue weighted by Gasteiger charge is -2.23. The van der Waals surface area contributed by atoms with Gasteiger partial charge in [0.1, 0.15) is 0 Å². The highest BCUT2D eigenvalue weighted by atomic mass is 16.4. The number of amides is 1. The molecule has 5 heteroatoms. The third-order valence-electron chi connectivity index (χ3n) is 5.41. The molecule has 1 saturated carbocycles. The van der Waals surface area contributed by atoms with Gasteiger partial charge in [-0.25, -0.2) is 0 Å². The van der Waals surface area contributed by atoms with Gasteiger partial charge < -0.3 is 9.73 Å². The third-order valence-corrected chi connectivity index (χ3v) is 5.41. The minimum absolute atomic E-state index is 0.000868. The average Bonchev–Trinajstić information content (AvgIpc) is 3.15. The highest BCUT2D eigenvalue weighted by molar-refractivity contribution is 6.01. The van der Waals surface area contributed by atoms with Crippen molar-refractivity contribution in [2.24, 2.45) is 0 Å². The fourth-order valence-electron chi connectivity index (χ4n) is 3.88. The molecule has 2 aromatic carbocycles. The van der Waals surface area contributed by atoms with Crippen LogP contribution in [0.15, 0.2) is 46.9 Å². The Morgan fingerprint density at radius 1 is 1.00 bits per heavy atom. The third kappa shape index (κ3) is 3.84. The molecule has 4 rings (SSSR count). The number of nitrogens with one attached hydrogen (secondary N) is 1. The van der Waals surface area contributed by atoms with Gasteiger partial charge >= 0.3 is 0 Å². The highest BCUT2D eigenvalue weighted by Crippen LogP contribution is 2.31. The number of carbonyl (C=O) groups is 1. The van der Waals surface area contributed by atoms with E-state index in [-0.39, 0.29) is 11.9 Å². The number of aromatic nitrogens is 2. The van der Waals surface area contributed by atoms with Crippen molar-refractivity contribution in [1.82, 2.24) is 15.5 Å². The smallest absolute Gasteiger partial charge is 0.252 e. The molecular weight excluding hydrogens is 350 g/mol. The minimum Gasteiger partial charge on any atom is -0.421 e. The Labute approximate surface area is 165 Å². The van der Waals surface area contributed by atoms with E-state index in [1.165, 1.54) is 19.3 Å². The molecule has 0 bridgehead atoms. The normalized spacial score (nSPS) is 14.8. The van der Waals surface area contributed by atoms with Crippen molar-refractivity contribution in [3.8, 4) is 22.6 Å². The molecule has 0 aliphatic heterocycles. The fraction of sp³-hybridized carbons (Fsp3) is 0.348. The summed E-state index contributed by atoms with van der Waals surface area (Å²) in [6.45, 7) is 3.82. The lowest BCUT2D eigenvalue weighted by atomic mass is 9.92. The molecule has 3 aromatic rings. The largest absolute Gasteiger partial charge is 0.421 e. The zero-order chi connectivity index (χ0) is 19.5. The molecule has 1 aromatic heterocycles. The van der Waals surface area contributed by atoms with Gasteiger partial charge in [0.2, 0.25) is 11.8 Å². The van der Waals surface area contributed by atoms with Crippen molar-refractivity contribution in [2.75, 3.05) is 0 Å². The molecule has 0 spiro atoms. The second kappa shape index (κ2) is 7.97. The minimum atomic E-state index is 0.000868. The fourth-order valence-corrected chi connectivity index (χ4v) is 3.88. The quantitative estimate of drug-likeness (QED) is 0.690. The molecule has 1 aliphatic carbocycles. The van der Waals surface area contributed by atoms with Crippen LogP contribution in [0.1, 0.15) is 53.9 Å². The van der Waals surface area contributed by atoms with Crippen molar-refractivity contribution in [2.45, 2.75) is 52.0 Å². The first kappa shape index (κ1) is 18.4. The molecule has 1 aliphatic rings. The van der Waals surface area contributed by atoms with Crippen LogP contribution < -0.4 is 5.32 Å². The van der Waals surface area contributed by atoms with E-state index in [0.717, 1.165) is 35.1 Å². The van der Waals surface area contributed by atoms with Gasteiger partial charge in [-0.3, -0.25) is 4.79 Å². The Morgan fingerprint density at radius 3 is 2.54 bits per heavy atom. The lowest BCUT2D eigenvalue weighted by molar-refractivity contribution is 0.0928. The molecule has 1 amide bonds. The van der Waals surface area contributed by atoms with E-state index in [2.05, 4.69) is 15.5 Å². The predicted octanol–water partition coefficient (Wildman–Crippen LogP) is 5.08. The number of benzene rings is 2. The van der Waals surface area contributed by atoms with Crippen molar-refractivity contribution in [3.05, 3.63) is 59.5 Å². The Morgan fingerprint density at radius 2 is 1.79 bits per heavy atom. The van der Waals surface area contributed by atoms with E-state index in [4.69, 9.17) is 4.42 Å². The summed E-state index contributed by atoms with van der Waals surface area (Å²) in [6, 6.07) is 14.1. The van der Waals surface area contributed by atoms with Crippen LogP contribution in [0.3, 0.4) is 0 Å². The molecule has 28 heavy (non-hydrogen) atoms. The van der Waals surface area contributed by atoms with E-state index >= 15 is 0 Å². The van der Waals surface area contributed by atoms with Gasteiger partial charge in [0.05, 0.1) is 0 Å². The SMILES string of the molecule is Cc1nnc(-c2ccc(C)c(-c3ccccc3C(=O)NC3CCCCC3)c2)o1. The van der Waals surface area contributed by atoms with Crippen LogP contribution in [0.4, 0.5) is 0 Å². The summed E-state index contributed by atoms with van der Waals surface area (Å²) in [6.07, 6.45) is 5.79. The summed E-state index contributed by atoms with van der Waals surface area (Å²) in [5.41, 5.74) is 4.57. The maximum absolute atomic E-state index is 13.0. The maximum atomic E-state index is 13.0. The first-order chi connectivity index (χ1) is 13.6. The summed E-state index contributed by atoms with van der Waals surface area (Å²) >= 11 is 0. The van der Waals surface area contributed by atoms with Crippen LogP contribution in [0.25, 0.3) is 22.6 Å². The number of aryl methyl sites for hydroxylation is 2. The first-order valence-corrected chi connectivity index (χ1v) is 9.93. The molecule has 1 N–H and O–H groups in total. The maximum Gasteiger partial charge on any atom is 0.252 e. The first-order valence-electron chi connectivity index (χ1n) is 9.93. The molecule has 0 atom stereocenters. The van der Waals surface area contributed by atoms with Crippen LogP contribution in [0, 0.1) is 13.8 Å². The standard InChI is InChI=1S/C23H25N3O2/c1-15-12-13-17(23-26-25-16(2)28-23)14-21(15)19-10-6-7-11-20(19)22(27)24-18-8-4-3-5-9-18/h6-7,10-14,18H,3-5,8-9H2,1-2H3,(H,24,27). The molecule has 0 radical (unpaired) electrons. The van der Waals surface area contributed by atoms with Gasteiger partial charge in [-0.1, -0.05) is 43.5 Å². The molecular formula is C23H25N3O2. The van der Waals surface area contributed by atoms with Crippen LogP contribution in [-0.4, -0.2) is 22.1 Å². The van der Waals surface area contributed by atoms with E-state index in [1.54, 1.807) is 6.92 Å². The summed E-state index contributed by atoms with van der Waals surface area (Å²) in [7, 11) is 0. The van der Waals surface area contributed by atoms with Crippen LogP contribution >= 0.6 is 0 Å². The number of carbonyl (C=O) groups excluding carboxylic acids is 1. The lowest BCUT2D eigenvalue weighted by Crippen LogP contribution is -2.36. The van der Waals surface area contributed by atoms with Crippen molar-refractivity contribution in [1.29, 1.82) is 0 Å². The summed E-state index contributed by atoms with van der Waals surface area (Å²) in [5.74, 6) is 1.02. The second-order valence-electron chi connectivity index (χ2n) is 7.51. The number of nitrogens with zero attached hydrogens (tertiary/aromatic N) is 2. The van der Waals surface area contributed by atoms with Gasteiger partial charge in [-0.2, -0.15) is 0 Å². The average molecular weight is 375 g/mol. The molecule has 144 valence electrons. The number of hydrogen-bond acceptors (Lipinski definition) is 4. The molecule has 1 fully saturated rings. The molecule has 5 nitrogen and oxygen atoms in total. The van der Waals surface area contributed by atoms with Crippen molar-refractivity contribution in [3.63, 3.8) is 0 Å². The van der Waals surface area contributed by atoms with E-state index in [9.17, 15) is 4.79 Å². The van der Waals surface area contributed by atoms with Gasteiger partial charge in [-0.15, -0.1) is 10.2 Å². The Bertz CT molecular complexity index is 987. The number of hydrogen-bond donors (Lipinski definition) is 1.